The minimum atomic E-state index is -0.490. The normalized spacial score (nSPS) is 11.1. The van der Waals surface area contributed by atoms with Gasteiger partial charge in [-0.05, 0) is 60.3 Å². The Morgan fingerprint density at radius 1 is 1.03 bits per heavy atom. The Kier molecular flexibility index (Phi) is 7.86. The number of carbonyl (C=O) groups excluding carboxylic acids is 2. The molecule has 7 nitrogen and oxygen atoms in total. The Labute approximate surface area is 231 Å². The Balaban J connectivity index is 1.58. The zero-order valence-electron chi connectivity index (χ0n) is 22.0. The van der Waals surface area contributed by atoms with E-state index in [1.807, 2.05) is 43.3 Å². The average Bonchev–Trinajstić information content (AvgIpc) is 3.63. The molecule has 0 fully saturated rings. The van der Waals surface area contributed by atoms with E-state index in [2.05, 4.69) is 45.7 Å². The fraction of sp³-hybridized carbons (Fsp3) is 0.194. The van der Waals surface area contributed by atoms with E-state index < -0.39 is 5.91 Å². The van der Waals surface area contributed by atoms with Gasteiger partial charge in [0.1, 0.15) is 0 Å². The number of unbranched alkanes of at least 4 members (excludes halogenated alkanes) is 1. The molecular formula is C31H31N5O2S. The summed E-state index contributed by atoms with van der Waals surface area (Å²) in [6.45, 7) is 5.87. The van der Waals surface area contributed by atoms with Gasteiger partial charge < -0.3 is 21.4 Å². The standard InChI is InChI=1S/C31H31N5O2S/c1-3-4-14-33-18-20-8-5-6-9-22(20)27-17-25-23(12-13-24(29(32)37)28(25)35-27)21-10-7-11-26(19(21)2)36-30(38)31-34-15-16-39-31/h5-13,15-17,33,35H,3-4,14,18H2,1-2H3,(H2,32,37)(H,36,38). The van der Waals surface area contributed by atoms with Crippen LogP contribution in [0.5, 0.6) is 0 Å². The summed E-state index contributed by atoms with van der Waals surface area (Å²) in [5.74, 6) is -0.733. The molecule has 0 aliphatic carbocycles. The van der Waals surface area contributed by atoms with Gasteiger partial charge in [-0.2, -0.15) is 0 Å². The molecule has 0 unspecified atom stereocenters. The van der Waals surface area contributed by atoms with Crippen LogP contribution < -0.4 is 16.4 Å². The smallest absolute Gasteiger partial charge is 0.284 e. The lowest BCUT2D eigenvalue weighted by molar-refractivity contribution is 0.0998. The molecule has 2 amide bonds. The summed E-state index contributed by atoms with van der Waals surface area (Å²) in [5, 5.41) is 9.59. The fourth-order valence-electron chi connectivity index (χ4n) is 4.84. The predicted octanol–water partition coefficient (Wildman–Crippen LogP) is 6.51. The molecule has 5 rings (SSSR count). The second-order valence-electron chi connectivity index (χ2n) is 9.45. The van der Waals surface area contributed by atoms with Crippen LogP contribution in [0.3, 0.4) is 0 Å². The van der Waals surface area contributed by atoms with Crippen LogP contribution in [0.4, 0.5) is 5.69 Å². The molecule has 2 heterocycles. The number of nitrogens with zero attached hydrogens (tertiary/aromatic N) is 1. The molecule has 0 aliphatic rings. The Bertz CT molecular complexity index is 1640. The highest BCUT2D eigenvalue weighted by Crippen LogP contribution is 2.38. The molecule has 39 heavy (non-hydrogen) atoms. The van der Waals surface area contributed by atoms with E-state index in [1.165, 1.54) is 16.9 Å². The number of thiazole rings is 1. The van der Waals surface area contributed by atoms with Gasteiger partial charge in [0, 0.05) is 40.5 Å². The van der Waals surface area contributed by atoms with E-state index >= 15 is 0 Å². The summed E-state index contributed by atoms with van der Waals surface area (Å²) in [7, 11) is 0. The number of carbonyl (C=O) groups is 2. The van der Waals surface area contributed by atoms with Crippen LogP contribution in [-0.4, -0.2) is 28.3 Å². The molecular weight excluding hydrogens is 506 g/mol. The number of benzene rings is 3. The van der Waals surface area contributed by atoms with Crippen molar-refractivity contribution in [2.75, 3.05) is 11.9 Å². The first-order valence-electron chi connectivity index (χ1n) is 13.0. The van der Waals surface area contributed by atoms with Crippen LogP contribution >= 0.6 is 11.3 Å². The number of nitrogens with two attached hydrogens (primary N) is 1. The molecule has 0 radical (unpaired) electrons. The topological polar surface area (TPSA) is 113 Å². The lowest BCUT2D eigenvalue weighted by atomic mass is 9.94. The van der Waals surface area contributed by atoms with Crippen molar-refractivity contribution in [2.24, 2.45) is 5.73 Å². The maximum atomic E-state index is 12.7. The molecule has 0 saturated heterocycles. The van der Waals surface area contributed by atoms with Gasteiger partial charge in [0.2, 0.25) is 0 Å². The van der Waals surface area contributed by atoms with Crippen LogP contribution in [-0.2, 0) is 6.54 Å². The second-order valence-corrected chi connectivity index (χ2v) is 10.3. The van der Waals surface area contributed by atoms with E-state index in [4.69, 9.17) is 5.73 Å². The van der Waals surface area contributed by atoms with Crippen LogP contribution in [0.2, 0.25) is 0 Å². The van der Waals surface area contributed by atoms with E-state index in [0.717, 1.165) is 59.3 Å². The van der Waals surface area contributed by atoms with Gasteiger partial charge in [-0.3, -0.25) is 9.59 Å². The highest BCUT2D eigenvalue weighted by Gasteiger charge is 2.19. The van der Waals surface area contributed by atoms with E-state index in [0.29, 0.717) is 21.8 Å². The monoisotopic (exact) mass is 537 g/mol. The summed E-state index contributed by atoms with van der Waals surface area (Å²) < 4.78 is 0. The molecule has 0 aliphatic heterocycles. The summed E-state index contributed by atoms with van der Waals surface area (Å²) >= 11 is 1.30. The maximum Gasteiger partial charge on any atom is 0.284 e. The molecule has 0 bridgehead atoms. The van der Waals surface area contributed by atoms with Crippen molar-refractivity contribution < 1.29 is 9.59 Å². The average molecular weight is 538 g/mol. The number of aromatic amines is 1. The van der Waals surface area contributed by atoms with Crippen molar-refractivity contribution in [1.82, 2.24) is 15.3 Å². The SMILES string of the molecule is CCCCNCc1ccccc1-c1cc2c(-c3cccc(NC(=O)c4nccs4)c3C)ccc(C(N)=O)c2[nH]1. The van der Waals surface area contributed by atoms with Crippen molar-refractivity contribution in [3.8, 4) is 22.4 Å². The highest BCUT2D eigenvalue weighted by atomic mass is 32.1. The summed E-state index contributed by atoms with van der Waals surface area (Å²) in [6.07, 6.45) is 3.88. The van der Waals surface area contributed by atoms with Crippen molar-refractivity contribution in [3.63, 3.8) is 0 Å². The summed E-state index contributed by atoms with van der Waals surface area (Å²) in [4.78, 5) is 32.7. The van der Waals surface area contributed by atoms with Crippen molar-refractivity contribution in [2.45, 2.75) is 33.2 Å². The number of amides is 2. The number of hydrogen-bond donors (Lipinski definition) is 4. The number of anilines is 1. The van der Waals surface area contributed by atoms with Gasteiger partial charge in [0.15, 0.2) is 5.01 Å². The molecule has 3 aromatic carbocycles. The number of aromatic nitrogens is 2. The minimum absolute atomic E-state index is 0.243. The quantitative estimate of drug-likeness (QED) is 0.152. The van der Waals surface area contributed by atoms with Crippen LogP contribution in [0.1, 0.15) is 51.1 Å². The molecule has 5 aromatic rings. The fourth-order valence-corrected chi connectivity index (χ4v) is 5.37. The van der Waals surface area contributed by atoms with Crippen molar-refractivity contribution in [1.29, 1.82) is 0 Å². The number of primary amides is 1. The second kappa shape index (κ2) is 11.6. The molecule has 0 atom stereocenters. The van der Waals surface area contributed by atoms with Crippen LogP contribution in [0.25, 0.3) is 33.3 Å². The summed E-state index contributed by atoms with van der Waals surface area (Å²) in [6, 6.07) is 19.9. The molecule has 198 valence electrons. The molecule has 0 spiro atoms. The first-order chi connectivity index (χ1) is 19.0. The minimum Gasteiger partial charge on any atom is -0.366 e. The Morgan fingerprint density at radius 3 is 2.62 bits per heavy atom. The van der Waals surface area contributed by atoms with Gasteiger partial charge in [-0.15, -0.1) is 11.3 Å². The molecule has 5 N–H and O–H groups in total. The lowest BCUT2D eigenvalue weighted by Crippen LogP contribution is -2.15. The van der Waals surface area contributed by atoms with E-state index in [9.17, 15) is 9.59 Å². The van der Waals surface area contributed by atoms with E-state index in [-0.39, 0.29) is 5.91 Å². The van der Waals surface area contributed by atoms with Crippen LogP contribution in [0.15, 0.2) is 72.2 Å². The van der Waals surface area contributed by atoms with Gasteiger partial charge >= 0.3 is 0 Å². The Morgan fingerprint density at radius 2 is 1.85 bits per heavy atom. The largest absolute Gasteiger partial charge is 0.366 e. The maximum absolute atomic E-state index is 12.7. The number of H-pyrrole nitrogens is 1. The van der Waals surface area contributed by atoms with Crippen LogP contribution in [0, 0.1) is 6.92 Å². The first-order valence-corrected chi connectivity index (χ1v) is 13.9. The third kappa shape index (κ3) is 5.48. The van der Waals surface area contributed by atoms with Crippen molar-refractivity contribution >= 4 is 39.7 Å². The van der Waals surface area contributed by atoms with Gasteiger partial charge in [-0.25, -0.2) is 4.98 Å². The zero-order chi connectivity index (χ0) is 27.4. The zero-order valence-corrected chi connectivity index (χ0v) is 22.8. The van der Waals surface area contributed by atoms with Gasteiger partial charge in [0.25, 0.3) is 11.8 Å². The summed E-state index contributed by atoms with van der Waals surface area (Å²) in [5.41, 5.74) is 13.6. The third-order valence-electron chi connectivity index (χ3n) is 6.89. The molecule has 2 aromatic heterocycles. The number of fused-ring (bicyclic) bond motifs is 1. The number of rotatable bonds is 10. The van der Waals surface area contributed by atoms with Gasteiger partial charge in [-0.1, -0.05) is 55.8 Å². The predicted molar refractivity (Wildman–Crippen MR) is 159 cm³/mol. The highest BCUT2D eigenvalue weighted by molar-refractivity contribution is 7.11. The Hall–Kier alpha value is -4.27. The van der Waals surface area contributed by atoms with E-state index in [1.54, 1.807) is 17.6 Å². The third-order valence-corrected chi connectivity index (χ3v) is 7.66. The first kappa shape index (κ1) is 26.3. The number of hydrogen-bond acceptors (Lipinski definition) is 5. The van der Waals surface area contributed by atoms with Crippen molar-refractivity contribution in [3.05, 3.63) is 93.9 Å². The molecule has 8 heteroatoms. The molecule has 0 saturated carbocycles. The number of nitrogens with one attached hydrogen (secondary N) is 3. The lowest BCUT2D eigenvalue weighted by Gasteiger charge is -2.14. The van der Waals surface area contributed by atoms with Gasteiger partial charge in [0.05, 0.1) is 11.1 Å².